The topological polar surface area (TPSA) is 9.23 Å². The van der Waals surface area contributed by atoms with Crippen molar-refractivity contribution in [3.8, 4) is 0 Å². The fraction of sp³-hybridized carbons (Fsp3) is 0.833. The number of allylic oxidation sites excluding steroid dienone is 1. The molecule has 0 amide bonds. The van der Waals surface area contributed by atoms with Gasteiger partial charge in [-0.15, -0.1) is 6.58 Å². The SMILES string of the molecule is C=CCCCC(CC(C)(F)F)OC(C)C. The van der Waals surface area contributed by atoms with Crippen molar-refractivity contribution in [1.82, 2.24) is 0 Å². The summed E-state index contributed by atoms with van der Waals surface area (Å²) in [5.41, 5.74) is 0. The second-order valence-electron chi connectivity index (χ2n) is 4.30. The molecule has 1 unspecified atom stereocenters. The molecule has 0 aliphatic carbocycles. The van der Waals surface area contributed by atoms with Crippen molar-refractivity contribution in [2.45, 2.75) is 64.6 Å². The minimum atomic E-state index is -2.65. The predicted molar refractivity (Wildman–Crippen MR) is 59.3 cm³/mol. The fourth-order valence-electron chi connectivity index (χ4n) is 1.49. The summed E-state index contributed by atoms with van der Waals surface area (Å²) < 4.78 is 31.1. The van der Waals surface area contributed by atoms with E-state index in [0.717, 1.165) is 19.8 Å². The summed E-state index contributed by atoms with van der Waals surface area (Å²) in [7, 11) is 0. The lowest BCUT2D eigenvalue weighted by Gasteiger charge is -2.23. The van der Waals surface area contributed by atoms with Gasteiger partial charge in [-0.1, -0.05) is 6.08 Å². The molecule has 0 fully saturated rings. The number of unbranched alkanes of at least 4 members (excludes halogenated alkanes) is 1. The third-order valence-corrected chi connectivity index (χ3v) is 1.99. The van der Waals surface area contributed by atoms with Crippen LogP contribution in [0.4, 0.5) is 8.78 Å². The zero-order valence-electron chi connectivity index (χ0n) is 9.93. The lowest BCUT2D eigenvalue weighted by molar-refractivity contribution is -0.0728. The molecule has 0 N–H and O–H groups in total. The number of halogens is 2. The summed E-state index contributed by atoms with van der Waals surface area (Å²) in [6.45, 7) is 8.28. The number of hydrogen-bond acceptors (Lipinski definition) is 1. The van der Waals surface area contributed by atoms with Gasteiger partial charge in [0.25, 0.3) is 0 Å². The first-order chi connectivity index (χ1) is 6.85. The molecule has 0 aliphatic heterocycles. The van der Waals surface area contributed by atoms with Crippen LogP contribution in [-0.4, -0.2) is 18.1 Å². The highest BCUT2D eigenvalue weighted by Gasteiger charge is 2.27. The van der Waals surface area contributed by atoms with E-state index < -0.39 is 5.92 Å². The molecule has 1 atom stereocenters. The monoisotopic (exact) mass is 220 g/mol. The predicted octanol–water partition coefficient (Wildman–Crippen LogP) is 4.18. The molecule has 0 aliphatic rings. The minimum absolute atomic E-state index is 0.00100. The molecule has 0 spiro atoms. The molecular formula is C12H22F2O. The van der Waals surface area contributed by atoms with Crippen molar-refractivity contribution in [3.63, 3.8) is 0 Å². The smallest absolute Gasteiger partial charge is 0.247 e. The second kappa shape index (κ2) is 6.94. The molecule has 0 saturated carbocycles. The van der Waals surface area contributed by atoms with Crippen LogP contribution in [0.25, 0.3) is 0 Å². The van der Waals surface area contributed by atoms with E-state index >= 15 is 0 Å². The van der Waals surface area contributed by atoms with Crippen molar-refractivity contribution >= 4 is 0 Å². The quantitative estimate of drug-likeness (QED) is 0.440. The van der Waals surface area contributed by atoms with Gasteiger partial charge < -0.3 is 4.74 Å². The Morgan fingerprint density at radius 3 is 2.40 bits per heavy atom. The van der Waals surface area contributed by atoms with Gasteiger partial charge in [0, 0.05) is 6.42 Å². The van der Waals surface area contributed by atoms with Gasteiger partial charge in [-0.25, -0.2) is 8.78 Å². The normalized spacial score (nSPS) is 14.3. The first kappa shape index (κ1) is 14.6. The van der Waals surface area contributed by atoms with Crippen LogP contribution in [0, 0.1) is 0 Å². The van der Waals surface area contributed by atoms with Crippen LogP contribution in [0.1, 0.15) is 46.5 Å². The molecule has 1 nitrogen and oxygen atoms in total. The van der Waals surface area contributed by atoms with Gasteiger partial charge in [0.2, 0.25) is 5.92 Å². The van der Waals surface area contributed by atoms with E-state index in [2.05, 4.69) is 6.58 Å². The van der Waals surface area contributed by atoms with Crippen LogP contribution in [0.5, 0.6) is 0 Å². The largest absolute Gasteiger partial charge is 0.375 e. The molecule has 0 rings (SSSR count). The Morgan fingerprint density at radius 2 is 2.00 bits per heavy atom. The Bertz CT molecular complexity index is 173. The lowest BCUT2D eigenvalue weighted by Crippen LogP contribution is -2.25. The molecule has 0 radical (unpaired) electrons. The van der Waals surface area contributed by atoms with Crippen LogP contribution in [0.3, 0.4) is 0 Å². The lowest BCUT2D eigenvalue weighted by atomic mass is 10.1. The van der Waals surface area contributed by atoms with Gasteiger partial charge in [0.1, 0.15) is 0 Å². The van der Waals surface area contributed by atoms with Gasteiger partial charge in [-0.2, -0.15) is 0 Å². The summed E-state index contributed by atoms with van der Waals surface area (Å²) in [6.07, 6.45) is 3.66. The number of rotatable bonds is 8. The van der Waals surface area contributed by atoms with Crippen molar-refractivity contribution in [3.05, 3.63) is 12.7 Å². The number of ether oxygens (including phenoxy) is 1. The highest BCUT2D eigenvalue weighted by atomic mass is 19.3. The van der Waals surface area contributed by atoms with Crippen LogP contribution in [0.2, 0.25) is 0 Å². The Hall–Kier alpha value is -0.440. The summed E-state index contributed by atoms with van der Waals surface area (Å²) in [4.78, 5) is 0. The highest BCUT2D eigenvalue weighted by molar-refractivity contribution is 4.72. The molecular weight excluding hydrogens is 198 g/mol. The third-order valence-electron chi connectivity index (χ3n) is 1.99. The number of hydrogen-bond donors (Lipinski definition) is 0. The highest BCUT2D eigenvalue weighted by Crippen LogP contribution is 2.24. The van der Waals surface area contributed by atoms with Gasteiger partial charge >= 0.3 is 0 Å². The van der Waals surface area contributed by atoms with E-state index in [1.807, 2.05) is 13.8 Å². The maximum Gasteiger partial charge on any atom is 0.247 e. The van der Waals surface area contributed by atoms with Crippen LogP contribution in [0.15, 0.2) is 12.7 Å². The molecule has 0 aromatic carbocycles. The van der Waals surface area contributed by atoms with Gasteiger partial charge in [-0.05, 0) is 40.0 Å². The average Bonchev–Trinajstić information content (AvgIpc) is 2.00. The van der Waals surface area contributed by atoms with Crippen molar-refractivity contribution < 1.29 is 13.5 Å². The fourth-order valence-corrected chi connectivity index (χ4v) is 1.49. The molecule has 15 heavy (non-hydrogen) atoms. The van der Waals surface area contributed by atoms with Crippen molar-refractivity contribution in [1.29, 1.82) is 0 Å². The van der Waals surface area contributed by atoms with Gasteiger partial charge in [0.05, 0.1) is 12.2 Å². The van der Waals surface area contributed by atoms with E-state index in [0.29, 0.717) is 6.42 Å². The zero-order chi connectivity index (χ0) is 11.9. The number of alkyl halides is 2. The Balaban J connectivity index is 4.00. The van der Waals surface area contributed by atoms with E-state index in [-0.39, 0.29) is 18.6 Å². The van der Waals surface area contributed by atoms with Crippen molar-refractivity contribution in [2.75, 3.05) is 0 Å². The molecule has 3 heteroatoms. The Morgan fingerprint density at radius 1 is 1.40 bits per heavy atom. The van der Waals surface area contributed by atoms with Crippen LogP contribution < -0.4 is 0 Å². The van der Waals surface area contributed by atoms with Crippen molar-refractivity contribution in [2.24, 2.45) is 0 Å². The Labute approximate surface area is 91.5 Å². The molecule has 0 bridgehead atoms. The first-order valence-electron chi connectivity index (χ1n) is 5.49. The Kier molecular flexibility index (Phi) is 6.73. The zero-order valence-corrected chi connectivity index (χ0v) is 9.93. The molecule has 0 aromatic rings. The maximum atomic E-state index is 12.8. The standard InChI is InChI=1S/C12H22F2O/c1-5-6-7-8-11(15-10(2)3)9-12(4,13)14/h5,10-11H,1,6-9H2,2-4H3. The summed E-state index contributed by atoms with van der Waals surface area (Å²) in [5.74, 6) is -2.65. The maximum absolute atomic E-state index is 12.8. The van der Waals surface area contributed by atoms with Crippen LogP contribution >= 0.6 is 0 Å². The van der Waals surface area contributed by atoms with E-state index in [9.17, 15) is 8.78 Å². The molecule has 90 valence electrons. The summed E-state index contributed by atoms with van der Waals surface area (Å²) in [5, 5.41) is 0. The van der Waals surface area contributed by atoms with E-state index in [1.165, 1.54) is 0 Å². The summed E-state index contributed by atoms with van der Waals surface area (Å²) >= 11 is 0. The van der Waals surface area contributed by atoms with E-state index in [4.69, 9.17) is 4.74 Å². The average molecular weight is 220 g/mol. The second-order valence-corrected chi connectivity index (χ2v) is 4.30. The van der Waals surface area contributed by atoms with E-state index in [1.54, 1.807) is 6.08 Å². The molecule has 0 aromatic heterocycles. The molecule has 0 heterocycles. The van der Waals surface area contributed by atoms with Crippen LogP contribution in [-0.2, 0) is 4.74 Å². The van der Waals surface area contributed by atoms with Gasteiger partial charge in [-0.3, -0.25) is 0 Å². The summed E-state index contributed by atoms with van der Waals surface area (Å²) in [6, 6.07) is 0. The first-order valence-corrected chi connectivity index (χ1v) is 5.49. The molecule has 0 saturated heterocycles. The minimum Gasteiger partial charge on any atom is -0.375 e. The third kappa shape index (κ3) is 9.85. The van der Waals surface area contributed by atoms with Gasteiger partial charge in [0.15, 0.2) is 0 Å².